The molecule has 1 aromatic rings. The Morgan fingerprint density at radius 3 is 2.37 bits per heavy atom. The first-order valence-corrected chi connectivity index (χ1v) is 8.42. The van der Waals surface area contributed by atoms with Gasteiger partial charge in [-0.1, -0.05) is 26.0 Å². The highest BCUT2D eigenvalue weighted by atomic mass is 32.2. The normalized spacial score (nSPS) is 29.2. The van der Waals surface area contributed by atoms with E-state index in [9.17, 15) is 0 Å². The Bertz CT molecular complexity index is 387. The van der Waals surface area contributed by atoms with Gasteiger partial charge in [0, 0.05) is 16.2 Å². The molecule has 1 nitrogen and oxygen atoms in total. The van der Waals surface area contributed by atoms with Crippen molar-refractivity contribution < 1.29 is 0 Å². The minimum atomic E-state index is 0.439. The van der Waals surface area contributed by atoms with Crippen molar-refractivity contribution in [2.45, 2.75) is 56.2 Å². The maximum atomic E-state index is 3.29. The molecule has 0 saturated heterocycles. The van der Waals surface area contributed by atoms with Crippen LogP contribution in [0, 0.1) is 11.8 Å². The van der Waals surface area contributed by atoms with Gasteiger partial charge in [-0.25, -0.2) is 0 Å². The molecular weight excluding hydrogens is 250 g/mol. The van der Waals surface area contributed by atoms with Gasteiger partial charge in [0.1, 0.15) is 0 Å². The molecule has 0 heterocycles. The monoisotopic (exact) mass is 277 g/mol. The molecule has 1 saturated carbocycles. The molecular formula is C17H27NS. The van der Waals surface area contributed by atoms with Crippen LogP contribution in [0.15, 0.2) is 29.2 Å². The van der Waals surface area contributed by atoms with E-state index in [-0.39, 0.29) is 0 Å². The third kappa shape index (κ3) is 4.00. The van der Waals surface area contributed by atoms with Crippen molar-refractivity contribution in [1.29, 1.82) is 0 Å². The molecule has 4 atom stereocenters. The Hall–Kier alpha value is -0.470. The van der Waals surface area contributed by atoms with Crippen molar-refractivity contribution in [3.05, 3.63) is 29.8 Å². The van der Waals surface area contributed by atoms with Crippen molar-refractivity contribution in [3.63, 3.8) is 0 Å². The molecule has 0 amide bonds. The fourth-order valence-electron chi connectivity index (χ4n) is 2.80. The molecule has 1 aliphatic carbocycles. The third-order valence-corrected chi connectivity index (χ3v) is 5.97. The van der Waals surface area contributed by atoms with E-state index in [2.05, 4.69) is 62.1 Å². The highest BCUT2D eigenvalue weighted by Crippen LogP contribution is 2.38. The van der Waals surface area contributed by atoms with E-state index in [1.807, 2.05) is 7.05 Å². The van der Waals surface area contributed by atoms with Crippen LogP contribution in [-0.4, -0.2) is 12.3 Å². The lowest BCUT2D eigenvalue weighted by Crippen LogP contribution is -2.22. The van der Waals surface area contributed by atoms with Gasteiger partial charge in [0.25, 0.3) is 0 Å². The number of nitrogens with one attached hydrogen (secondary N) is 1. The van der Waals surface area contributed by atoms with Gasteiger partial charge >= 0.3 is 0 Å². The molecule has 1 aliphatic rings. The minimum absolute atomic E-state index is 0.439. The number of rotatable bonds is 4. The van der Waals surface area contributed by atoms with Gasteiger partial charge < -0.3 is 5.32 Å². The maximum absolute atomic E-state index is 3.29. The highest BCUT2D eigenvalue weighted by Gasteiger charge is 2.25. The van der Waals surface area contributed by atoms with E-state index in [0.29, 0.717) is 6.04 Å². The zero-order valence-electron chi connectivity index (χ0n) is 12.6. The zero-order chi connectivity index (χ0) is 13.8. The second-order valence-corrected chi connectivity index (χ2v) is 7.46. The summed E-state index contributed by atoms with van der Waals surface area (Å²) in [6.07, 6.45) is 4.15. The maximum Gasteiger partial charge on any atom is 0.0289 e. The van der Waals surface area contributed by atoms with Crippen LogP contribution < -0.4 is 5.32 Å². The van der Waals surface area contributed by atoms with Crippen LogP contribution in [0.25, 0.3) is 0 Å². The zero-order valence-corrected chi connectivity index (χ0v) is 13.5. The van der Waals surface area contributed by atoms with E-state index in [1.54, 1.807) is 0 Å². The van der Waals surface area contributed by atoms with Crippen LogP contribution in [0.4, 0.5) is 0 Å². The number of thioether (sulfide) groups is 1. The van der Waals surface area contributed by atoms with Crippen LogP contribution in [0.1, 0.15) is 51.6 Å². The fraction of sp³-hybridized carbons (Fsp3) is 0.647. The Kier molecular flexibility index (Phi) is 5.35. The predicted molar refractivity (Wildman–Crippen MR) is 85.7 cm³/mol. The molecule has 19 heavy (non-hydrogen) atoms. The van der Waals surface area contributed by atoms with Gasteiger partial charge in [-0.05, 0) is 62.8 Å². The minimum Gasteiger partial charge on any atom is -0.313 e. The average Bonchev–Trinajstić information content (AvgIpc) is 2.43. The lowest BCUT2D eigenvalue weighted by Gasteiger charge is -2.31. The second kappa shape index (κ2) is 6.81. The van der Waals surface area contributed by atoms with Crippen molar-refractivity contribution in [1.82, 2.24) is 5.32 Å². The number of hydrogen-bond donors (Lipinski definition) is 1. The standard InChI is InChI=1S/C17H27NS/c1-12-5-8-17(11-13(12)2)19-16-9-6-15(7-10-16)14(3)18-4/h6-7,9-10,12-14,17-18H,5,8,11H2,1-4H3. The summed E-state index contributed by atoms with van der Waals surface area (Å²) < 4.78 is 0. The first kappa shape index (κ1) is 14.9. The molecule has 0 spiro atoms. The van der Waals surface area contributed by atoms with E-state index in [0.717, 1.165) is 17.1 Å². The topological polar surface area (TPSA) is 12.0 Å². The summed E-state index contributed by atoms with van der Waals surface area (Å²) in [6, 6.07) is 9.54. The third-order valence-electron chi connectivity index (χ3n) is 4.67. The number of benzene rings is 1. The molecule has 1 N–H and O–H groups in total. The lowest BCUT2D eigenvalue weighted by atomic mass is 9.81. The summed E-state index contributed by atoms with van der Waals surface area (Å²) in [7, 11) is 2.01. The largest absolute Gasteiger partial charge is 0.313 e. The quantitative estimate of drug-likeness (QED) is 0.841. The summed E-state index contributed by atoms with van der Waals surface area (Å²) in [6.45, 7) is 7.01. The van der Waals surface area contributed by atoms with E-state index >= 15 is 0 Å². The average molecular weight is 277 g/mol. The first-order valence-electron chi connectivity index (χ1n) is 7.54. The molecule has 0 aliphatic heterocycles. The highest BCUT2D eigenvalue weighted by molar-refractivity contribution is 8.00. The Labute approximate surface area is 122 Å². The molecule has 106 valence electrons. The smallest absolute Gasteiger partial charge is 0.0289 e. The van der Waals surface area contributed by atoms with E-state index in [4.69, 9.17) is 0 Å². The van der Waals surface area contributed by atoms with Crippen molar-refractivity contribution in [2.24, 2.45) is 11.8 Å². The molecule has 2 heteroatoms. The van der Waals surface area contributed by atoms with Gasteiger partial charge in [0.05, 0.1) is 0 Å². The van der Waals surface area contributed by atoms with Crippen LogP contribution in [0.5, 0.6) is 0 Å². The Balaban J connectivity index is 1.93. The van der Waals surface area contributed by atoms with Crippen molar-refractivity contribution in [2.75, 3.05) is 7.05 Å². The Morgan fingerprint density at radius 1 is 1.11 bits per heavy atom. The SMILES string of the molecule is CNC(C)c1ccc(SC2CCC(C)C(C)C2)cc1. The Morgan fingerprint density at radius 2 is 1.79 bits per heavy atom. The molecule has 0 bridgehead atoms. The second-order valence-electron chi connectivity index (χ2n) is 6.09. The molecule has 1 aromatic carbocycles. The summed E-state index contributed by atoms with van der Waals surface area (Å²) >= 11 is 2.08. The van der Waals surface area contributed by atoms with Gasteiger partial charge in [-0.2, -0.15) is 0 Å². The summed E-state index contributed by atoms with van der Waals surface area (Å²) in [5.41, 5.74) is 1.37. The lowest BCUT2D eigenvalue weighted by molar-refractivity contribution is 0.283. The molecule has 2 rings (SSSR count). The van der Waals surface area contributed by atoms with E-state index < -0.39 is 0 Å². The molecule has 1 fully saturated rings. The first-order chi connectivity index (χ1) is 9.10. The van der Waals surface area contributed by atoms with Gasteiger partial charge in [-0.15, -0.1) is 11.8 Å². The van der Waals surface area contributed by atoms with Gasteiger partial charge in [-0.3, -0.25) is 0 Å². The predicted octanol–water partition coefficient (Wildman–Crippen LogP) is 4.88. The van der Waals surface area contributed by atoms with Crippen LogP contribution in [0.3, 0.4) is 0 Å². The molecule has 4 unspecified atom stereocenters. The summed E-state index contributed by atoms with van der Waals surface area (Å²) in [4.78, 5) is 1.43. The molecule has 0 aromatic heterocycles. The van der Waals surface area contributed by atoms with E-state index in [1.165, 1.54) is 29.7 Å². The summed E-state index contributed by atoms with van der Waals surface area (Å²) in [5.74, 6) is 1.80. The fourth-order valence-corrected chi connectivity index (χ4v) is 4.13. The van der Waals surface area contributed by atoms with Crippen molar-refractivity contribution in [3.8, 4) is 0 Å². The van der Waals surface area contributed by atoms with Crippen LogP contribution >= 0.6 is 11.8 Å². The number of hydrogen-bond acceptors (Lipinski definition) is 2. The van der Waals surface area contributed by atoms with Crippen LogP contribution in [-0.2, 0) is 0 Å². The van der Waals surface area contributed by atoms with Crippen molar-refractivity contribution >= 4 is 11.8 Å². The van der Waals surface area contributed by atoms with Gasteiger partial charge in [0.15, 0.2) is 0 Å². The molecule has 0 radical (unpaired) electrons. The van der Waals surface area contributed by atoms with Gasteiger partial charge in [0.2, 0.25) is 0 Å². The summed E-state index contributed by atoms with van der Waals surface area (Å²) in [5, 5.41) is 4.10. The van der Waals surface area contributed by atoms with Crippen LogP contribution in [0.2, 0.25) is 0 Å².